The Morgan fingerprint density at radius 1 is 1.31 bits per heavy atom. The summed E-state index contributed by atoms with van der Waals surface area (Å²) in [6.45, 7) is 3.29. The quantitative estimate of drug-likeness (QED) is 0.685. The van der Waals surface area contributed by atoms with Gasteiger partial charge in [-0.3, -0.25) is 14.4 Å². The van der Waals surface area contributed by atoms with Crippen LogP contribution in [0.1, 0.15) is 18.2 Å². The Hall–Kier alpha value is -2.67. The fourth-order valence-electron chi connectivity index (χ4n) is 3.54. The van der Waals surface area contributed by atoms with E-state index in [1.54, 1.807) is 0 Å². The van der Waals surface area contributed by atoms with Crippen molar-refractivity contribution < 1.29 is 32.3 Å². The fraction of sp³-hybridized carbons (Fsp3) is 0.579. The standard InChI is InChI=1S/C19H22F3N5O4S/c1-2-12-7-13-15(27-5-3-26(4-6-27)14(28)8-19(20,21)22)23-18(24-17(13)32-12)30-9-11-10-31-25-16(11)29/h7,11H,2-6,8-10H2,1H3,(H,25,29)/t11-/m0/s1. The van der Waals surface area contributed by atoms with Crippen LogP contribution in [0.5, 0.6) is 6.01 Å². The largest absolute Gasteiger partial charge is 0.462 e. The summed E-state index contributed by atoms with van der Waals surface area (Å²) in [6, 6.07) is 2.12. The minimum absolute atomic E-state index is 0.0580. The van der Waals surface area contributed by atoms with E-state index in [1.807, 2.05) is 17.9 Å². The Morgan fingerprint density at radius 3 is 2.69 bits per heavy atom. The highest BCUT2D eigenvalue weighted by atomic mass is 32.1. The maximum Gasteiger partial charge on any atom is 0.397 e. The van der Waals surface area contributed by atoms with Gasteiger partial charge in [0, 0.05) is 31.1 Å². The molecule has 2 aliphatic heterocycles. The van der Waals surface area contributed by atoms with E-state index in [0.29, 0.717) is 18.9 Å². The topological polar surface area (TPSA) is 96.9 Å². The lowest BCUT2D eigenvalue weighted by Gasteiger charge is -2.35. The molecule has 4 rings (SSSR count). The summed E-state index contributed by atoms with van der Waals surface area (Å²) in [5.41, 5.74) is 2.27. The van der Waals surface area contributed by atoms with Gasteiger partial charge in [0.15, 0.2) is 0 Å². The van der Waals surface area contributed by atoms with E-state index in [-0.39, 0.29) is 38.2 Å². The SMILES string of the molecule is CCc1cc2c(N3CCN(C(=O)CC(F)(F)F)CC3)nc(OC[C@H]3CONC3=O)nc2s1. The third-order valence-electron chi connectivity index (χ3n) is 5.28. The fourth-order valence-corrected chi connectivity index (χ4v) is 4.49. The average molecular weight is 473 g/mol. The Balaban J connectivity index is 1.51. The lowest BCUT2D eigenvalue weighted by molar-refractivity contribution is -0.161. The third-order valence-corrected chi connectivity index (χ3v) is 6.45. The Bertz CT molecular complexity index is 1010. The van der Waals surface area contributed by atoms with Gasteiger partial charge >= 0.3 is 12.2 Å². The number of rotatable bonds is 6. The summed E-state index contributed by atoms with van der Waals surface area (Å²) in [4.78, 5) is 42.4. The van der Waals surface area contributed by atoms with E-state index < -0.39 is 24.4 Å². The first-order valence-electron chi connectivity index (χ1n) is 10.2. The number of alkyl halides is 3. The molecule has 13 heteroatoms. The van der Waals surface area contributed by atoms with Gasteiger partial charge < -0.3 is 14.5 Å². The molecule has 0 saturated carbocycles. The van der Waals surface area contributed by atoms with Crippen molar-refractivity contribution in [2.24, 2.45) is 5.92 Å². The molecule has 0 unspecified atom stereocenters. The highest BCUT2D eigenvalue weighted by molar-refractivity contribution is 7.18. The number of amides is 2. The number of hydrogen-bond acceptors (Lipinski definition) is 8. The summed E-state index contributed by atoms with van der Waals surface area (Å²) in [7, 11) is 0. The molecule has 2 aliphatic rings. The van der Waals surface area contributed by atoms with Gasteiger partial charge in [0.05, 0.1) is 12.0 Å². The smallest absolute Gasteiger partial charge is 0.397 e. The summed E-state index contributed by atoms with van der Waals surface area (Å²) in [5, 5.41) is 0.830. The molecule has 0 aliphatic carbocycles. The zero-order valence-electron chi connectivity index (χ0n) is 17.3. The number of nitrogens with one attached hydrogen (secondary N) is 1. The number of carbonyl (C=O) groups excluding carboxylic acids is 2. The van der Waals surface area contributed by atoms with Gasteiger partial charge in [0.1, 0.15) is 29.6 Å². The van der Waals surface area contributed by atoms with Gasteiger partial charge in [-0.05, 0) is 12.5 Å². The van der Waals surface area contributed by atoms with E-state index >= 15 is 0 Å². The van der Waals surface area contributed by atoms with Crippen molar-refractivity contribution in [2.75, 3.05) is 44.3 Å². The van der Waals surface area contributed by atoms with E-state index in [4.69, 9.17) is 9.57 Å². The van der Waals surface area contributed by atoms with Crippen molar-refractivity contribution in [1.82, 2.24) is 20.3 Å². The van der Waals surface area contributed by atoms with Crippen molar-refractivity contribution in [3.63, 3.8) is 0 Å². The Labute approximate surface area is 185 Å². The molecule has 1 N–H and O–H groups in total. The van der Waals surface area contributed by atoms with E-state index in [1.165, 1.54) is 16.2 Å². The van der Waals surface area contributed by atoms with Crippen LogP contribution in [-0.2, 0) is 20.8 Å². The molecule has 4 heterocycles. The first kappa shape index (κ1) is 22.5. The third kappa shape index (κ3) is 5.04. The predicted octanol–water partition coefficient (Wildman–Crippen LogP) is 1.91. The van der Waals surface area contributed by atoms with Gasteiger partial charge in [-0.2, -0.15) is 23.1 Å². The zero-order valence-corrected chi connectivity index (χ0v) is 18.1. The van der Waals surface area contributed by atoms with Gasteiger partial charge in [-0.15, -0.1) is 11.3 Å². The normalized spacial score (nSPS) is 19.5. The minimum Gasteiger partial charge on any atom is -0.462 e. The summed E-state index contributed by atoms with van der Waals surface area (Å²) >= 11 is 1.51. The van der Waals surface area contributed by atoms with Crippen molar-refractivity contribution >= 4 is 39.2 Å². The van der Waals surface area contributed by atoms with Gasteiger partial charge in [0.25, 0.3) is 5.91 Å². The highest BCUT2D eigenvalue weighted by Crippen LogP contribution is 2.33. The Morgan fingerprint density at radius 2 is 2.06 bits per heavy atom. The maximum absolute atomic E-state index is 12.5. The number of carbonyl (C=O) groups is 2. The second kappa shape index (κ2) is 9.06. The van der Waals surface area contributed by atoms with E-state index in [9.17, 15) is 22.8 Å². The number of aryl methyl sites for hydroxylation is 1. The van der Waals surface area contributed by atoms with Crippen LogP contribution < -0.4 is 15.1 Å². The molecule has 0 radical (unpaired) electrons. The first-order chi connectivity index (χ1) is 15.2. The summed E-state index contributed by atoms with van der Waals surface area (Å²) in [6.07, 6.45) is -5.16. The monoisotopic (exact) mass is 473 g/mol. The average Bonchev–Trinajstić information content (AvgIpc) is 3.36. The van der Waals surface area contributed by atoms with Crippen LogP contribution in [-0.4, -0.2) is 72.3 Å². The molecule has 2 aromatic heterocycles. The Kier molecular flexibility index (Phi) is 6.38. The molecular formula is C19H22F3N5O4S. The predicted molar refractivity (Wildman–Crippen MR) is 109 cm³/mol. The zero-order chi connectivity index (χ0) is 22.9. The van der Waals surface area contributed by atoms with Crippen LogP contribution in [0.3, 0.4) is 0 Å². The molecule has 2 fully saturated rings. The molecule has 2 aromatic rings. The number of ether oxygens (including phenoxy) is 1. The number of nitrogens with zero attached hydrogens (tertiary/aromatic N) is 4. The number of halogens is 3. The van der Waals surface area contributed by atoms with Crippen molar-refractivity contribution in [1.29, 1.82) is 0 Å². The summed E-state index contributed by atoms with van der Waals surface area (Å²) in [5.74, 6) is -1.04. The molecule has 0 aromatic carbocycles. The van der Waals surface area contributed by atoms with Gasteiger partial charge in [0.2, 0.25) is 5.91 Å². The number of hydrogen-bond donors (Lipinski definition) is 1. The van der Waals surface area contributed by atoms with Crippen LogP contribution in [0, 0.1) is 5.92 Å². The molecule has 9 nitrogen and oxygen atoms in total. The van der Waals surface area contributed by atoms with Crippen molar-refractivity contribution in [2.45, 2.75) is 25.9 Å². The van der Waals surface area contributed by atoms with Crippen LogP contribution >= 0.6 is 11.3 Å². The lowest BCUT2D eigenvalue weighted by atomic mass is 10.2. The molecule has 1 atom stereocenters. The number of anilines is 1. The minimum atomic E-state index is -4.52. The molecule has 0 bridgehead atoms. The lowest BCUT2D eigenvalue weighted by Crippen LogP contribution is -2.49. The summed E-state index contributed by atoms with van der Waals surface area (Å²) < 4.78 is 43.3. The van der Waals surface area contributed by atoms with Crippen molar-refractivity contribution in [3.8, 4) is 6.01 Å². The maximum atomic E-state index is 12.5. The van der Waals surface area contributed by atoms with Gasteiger partial charge in [-0.1, -0.05) is 6.92 Å². The molecule has 0 spiro atoms. The number of fused-ring (bicyclic) bond motifs is 1. The highest BCUT2D eigenvalue weighted by Gasteiger charge is 2.35. The molecule has 32 heavy (non-hydrogen) atoms. The van der Waals surface area contributed by atoms with Crippen LogP contribution in [0.15, 0.2) is 6.07 Å². The van der Waals surface area contributed by atoms with E-state index in [2.05, 4.69) is 15.4 Å². The molecule has 174 valence electrons. The van der Waals surface area contributed by atoms with Crippen LogP contribution in [0.2, 0.25) is 0 Å². The number of hydroxylamine groups is 1. The van der Waals surface area contributed by atoms with E-state index in [0.717, 1.165) is 21.5 Å². The van der Waals surface area contributed by atoms with Crippen LogP contribution in [0.4, 0.5) is 19.0 Å². The van der Waals surface area contributed by atoms with Crippen molar-refractivity contribution in [3.05, 3.63) is 10.9 Å². The number of aromatic nitrogens is 2. The second-order valence-corrected chi connectivity index (χ2v) is 8.68. The molecular weight excluding hydrogens is 451 g/mol. The van der Waals surface area contributed by atoms with Crippen LogP contribution in [0.25, 0.3) is 10.2 Å². The second-order valence-electron chi connectivity index (χ2n) is 7.56. The molecule has 2 saturated heterocycles. The molecule has 2 amide bonds. The first-order valence-corrected chi connectivity index (χ1v) is 11.0. The number of thiophene rings is 1. The number of piperazine rings is 1. The van der Waals surface area contributed by atoms with Gasteiger partial charge in [-0.25, -0.2) is 5.48 Å².